The van der Waals surface area contributed by atoms with Crippen LogP contribution in [0.25, 0.3) is 0 Å². The average molecular weight is 648 g/mol. The second kappa shape index (κ2) is 15.6. The zero-order valence-electron chi connectivity index (χ0n) is 25.6. The number of ether oxygens (including phenoxy) is 1. The summed E-state index contributed by atoms with van der Waals surface area (Å²) in [6, 6.07) is 28.5. The maximum absolute atomic E-state index is 14.4. The zero-order valence-corrected chi connectivity index (χ0v) is 27.2. The van der Waals surface area contributed by atoms with Gasteiger partial charge in [-0.05, 0) is 73.0 Å². The van der Waals surface area contributed by atoms with Gasteiger partial charge in [0.2, 0.25) is 11.8 Å². The number of anilines is 1. The van der Waals surface area contributed by atoms with Crippen molar-refractivity contribution in [3.63, 3.8) is 0 Å². The SMILES string of the molecule is CCCNC(=O)C(Cc1ccccc1)N(Cc1ccc(Cl)cc1)C(=O)CN(c1ccc(C)cc1)S(=O)(=O)c1ccc(OC)cc1. The number of hydrogen-bond donors (Lipinski definition) is 1. The highest BCUT2D eigenvalue weighted by atomic mass is 35.5. The number of aryl methyl sites for hydroxylation is 1. The Bertz CT molecular complexity index is 1660. The van der Waals surface area contributed by atoms with Crippen LogP contribution in [0, 0.1) is 6.92 Å². The molecule has 0 aliphatic rings. The van der Waals surface area contributed by atoms with Crippen LogP contribution in [0.2, 0.25) is 5.02 Å². The molecule has 0 heterocycles. The van der Waals surface area contributed by atoms with Gasteiger partial charge < -0.3 is 15.0 Å². The van der Waals surface area contributed by atoms with Crippen LogP contribution in [-0.4, -0.2) is 51.4 Å². The molecule has 0 aromatic heterocycles. The van der Waals surface area contributed by atoms with Crippen LogP contribution in [0.1, 0.15) is 30.0 Å². The number of benzene rings is 4. The maximum atomic E-state index is 14.4. The van der Waals surface area contributed by atoms with Crippen molar-refractivity contribution in [2.75, 3.05) is 24.5 Å². The molecule has 0 aliphatic carbocycles. The highest BCUT2D eigenvalue weighted by molar-refractivity contribution is 7.92. The molecule has 1 unspecified atom stereocenters. The summed E-state index contributed by atoms with van der Waals surface area (Å²) in [5, 5.41) is 3.48. The van der Waals surface area contributed by atoms with Crippen molar-refractivity contribution in [2.24, 2.45) is 0 Å². The molecule has 10 heteroatoms. The summed E-state index contributed by atoms with van der Waals surface area (Å²) < 4.78 is 34.6. The van der Waals surface area contributed by atoms with E-state index in [-0.39, 0.29) is 23.8 Å². The Hall–Kier alpha value is -4.34. The van der Waals surface area contributed by atoms with Crippen molar-refractivity contribution in [1.82, 2.24) is 10.2 Å². The van der Waals surface area contributed by atoms with Gasteiger partial charge in [0.15, 0.2) is 0 Å². The number of halogens is 1. The third kappa shape index (κ3) is 8.86. The second-order valence-electron chi connectivity index (χ2n) is 10.7. The van der Waals surface area contributed by atoms with E-state index >= 15 is 0 Å². The summed E-state index contributed by atoms with van der Waals surface area (Å²) in [7, 11) is -2.71. The molecule has 0 bridgehead atoms. The number of carbonyl (C=O) groups is 2. The Morgan fingerprint density at radius 3 is 2.11 bits per heavy atom. The normalized spacial score (nSPS) is 11.8. The Morgan fingerprint density at radius 1 is 0.867 bits per heavy atom. The number of rotatable bonds is 14. The first-order valence-corrected chi connectivity index (χ1v) is 16.5. The maximum Gasteiger partial charge on any atom is 0.264 e. The Balaban J connectivity index is 1.78. The minimum atomic E-state index is -4.21. The number of nitrogens with zero attached hydrogens (tertiary/aromatic N) is 2. The molecule has 0 saturated carbocycles. The predicted octanol–water partition coefficient (Wildman–Crippen LogP) is 6.02. The molecule has 2 amide bonds. The fraction of sp³-hybridized carbons (Fsp3) is 0.257. The van der Waals surface area contributed by atoms with Gasteiger partial charge in [0.1, 0.15) is 18.3 Å². The minimum absolute atomic E-state index is 0.00227. The van der Waals surface area contributed by atoms with E-state index in [0.717, 1.165) is 27.4 Å². The summed E-state index contributed by atoms with van der Waals surface area (Å²) in [6.45, 7) is 3.82. The fourth-order valence-corrected chi connectivity index (χ4v) is 6.36. The minimum Gasteiger partial charge on any atom is -0.497 e. The van der Waals surface area contributed by atoms with Crippen molar-refractivity contribution in [2.45, 2.75) is 44.2 Å². The summed E-state index contributed by atoms with van der Waals surface area (Å²) in [5.41, 5.74) is 2.87. The molecule has 0 spiro atoms. The van der Waals surface area contributed by atoms with Crippen LogP contribution in [0.15, 0.2) is 108 Å². The molecule has 4 aromatic carbocycles. The lowest BCUT2D eigenvalue weighted by atomic mass is 10.0. The van der Waals surface area contributed by atoms with E-state index in [0.29, 0.717) is 23.0 Å². The molecular formula is C35H38ClN3O5S. The third-order valence-electron chi connectivity index (χ3n) is 7.33. The standard InChI is InChI=1S/C35H38ClN3O5S/c1-4-22-37-35(41)33(23-27-8-6-5-7-9-27)38(24-28-12-14-29(36)15-13-28)34(40)25-39(30-16-10-26(2)11-17-30)45(42,43)32-20-18-31(44-3)19-21-32/h5-21,33H,4,22-25H2,1-3H3,(H,37,41). The Kier molecular flexibility index (Phi) is 11.6. The molecule has 4 rings (SSSR count). The van der Waals surface area contributed by atoms with Crippen molar-refractivity contribution in [3.05, 3.63) is 125 Å². The topological polar surface area (TPSA) is 96.0 Å². The van der Waals surface area contributed by atoms with Crippen LogP contribution in [0.4, 0.5) is 5.69 Å². The number of amides is 2. The first-order valence-electron chi connectivity index (χ1n) is 14.7. The summed E-state index contributed by atoms with van der Waals surface area (Å²) in [5.74, 6) is -0.346. The van der Waals surface area contributed by atoms with Crippen molar-refractivity contribution in [1.29, 1.82) is 0 Å². The van der Waals surface area contributed by atoms with Crippen LogP contribution >= 0.6 is 11.6 Å². The van der Waals surface area contributed by atoms with Crippen LogP contribution in [-0.2, 0) is 32.6 Å². The largest absolute Gasteiger partial charge is 0.497 e. The summed E-state index contributed by atoms with van der Waals surface area (Å²) >= 11 is 6.14. The van der Waals surface area contributed by atoms with Gasteiger partial charge in [-0.2, -0.15) is 0 Å². The average Bonchev–Trinajstić information content (AvgIpc) is 3.05. The van der Waals surface area contributed by atoms with Gasteiger partial charge in [0, 0.05) is 24.5 Å². The number of hydrogen-bond acceptors (Lipinski definition) is 5. The quantitative estimate of drug-likeness (QED) is 0.181. The summed E-state index contributed by atoms with van der Waals surface area (Å²) in [6.07, 6.45) is 0.960. The zero-order chi connectivity index (χ0) is 32.4. The fourth-order valence-electron chi connectivity index (χ4n) is 4.82. The molecule has 0 radical (unpaired) electrons. The second-order valence-corrected chi connectivity index (χ2v) is 13.0. The van der Waals surface area contributed by atoms with Gasteiger partial charge in [-0.25, -0.2) is 8.42 Å². The third-order valence-corrected chi connectivity index (χ3v) is 9.37. The smallest absolute Gasteiger partial charge is 0.264 e. The van der Waals surface area contributed by atoms with E-state index in [1.807, 2.05) is 44.2 Å². The lowest BCUT2D eigenvalue weighted by Crippen LogP contribution is -2.53. The molecule has 45 heavy (non-hydrogen) atoms. The highest BCUT2D eigenvalue weighted by Crippen LogP contribution is 2.27. The molecule has 4 aromatic rings. The van der Waals surface area contributed by atoms with Gasteiger partial charge in [-0.15, -0.1) is 0 Å². The molecule has 1 atom stereocenters. The van der Waals surface area contributed by atoms with Gasteiger partial charge >= 0.3 is 0 Å². The van der Waals surface area contributed by atoms with E-state index in [9.17, 15) is 18.0 Å². The molecule has 1 N–H and O–H groups in total. The summed E-state index contributed by atoms with van der Waals surface area (Å²) in [4.78, 5) is 29.6. The van der Waals surface area contributed by atoms with E-state index in [2.05, 4.69) is 5.32 Å². The van der Waals surface area contributed by atoms with Crippen LogP contribution < -0.4 is 14.4 Å². The Morgan fingerprint density at radius 2 is 1.51 bits per heavy atom. The predicted molar refractivity (Wildman–Crippen MR) is 178 cm³/mol. The first-order chi connectivity index (χ1) is 21.6. The van der Waals surface area contributed by atoms with Crippen molar-refractivity contribution >= 4 is 39.1 Å². The van der Waals surface area contributed by atoms with E-state index < -0.39 is 28.5 Å². The van der Waals surface area contributed by atoms with Crippen LogP contribution in [0.5, 0.6) is 5.75 Å². The van der Waals surface area contributed by atoms with Gasteiger partial charge in [0.25, 0.3) is 10.0 Å². The molecule has 8 nitrogen and oxygen atoms in total. The lowest BCUT2D eigenvalue weighted by molar-refractivity contribution is -0.140. The Labute approximate surface area is 270 Å². The van der Waals surface area contributed by atoms with Gasteiger partial charge in [-0.1, -0.05) is 78.7 Å². The van der Waals surface area contributed by atoms with E-state index in [1.165, 1.54) is 24.1 Å². The van der Waals surface area contributed by atoms with Crippen molar-refractivity contribution in [3.8, 4) is 5.75 Å². The highest BCUT2D eigenvalue weighted by Gasteiger charge is 2.34. The molecule has 0 aliphatic heterocycles. The molecule has 0 fully saturated rings. The van der Waals surface area contributed by atoms with Gasteiger partial charge in [0.05, 0.1) is 17.7 Å². The van der Waals surface area contributed by atoms with E-state index in [1.54, 1.807) is 60.7 Å². The molecular weight excluding hydrogens is 610 g/mol. The lowest BCUT2D eigenvalue weighted by Gasteiger charge is -2.34. The number of carbonyl (C=O) groups excluding carboxylic acids is 2. The number of methoxy groups -OCH3 is 1. The molecule has 236 valence electrons. The molecule has 0 saturated heterocycles. The van der Waals surface area contributed by atoms with Crippen LogP contribution in [0.3, 0.4) is 0 Å². The number of nitrogens with one attached hydrogen (secondary N) is 1. The van der Waals surface area contributed by atoms with Gasteiger partial charge in [-0.3, -0.25) is 13.9 Å². The van der Waals surface area contributed by atoms with Crippen molar-refractivity contribution < 1.29 is 22.7 Å². The van der Waals surface area contributed by atoms with E-state index in [4.69, 9.17) is 16.3 Å². The number of sulfonamides is 1. The first kappa shape index (κ1) is 33.6. The monoisotopic (exact) mass is 647 g/mol.